The van der Waals surface area contributed by atoms with E-state index in [1.54, 1.807) is 12.1 Å². The summed E-state index contributed by atoms with van der Waals surface area (Å²) in [5.74, 6) is -1.57. The summed E-state index contributed by atoms with van der Waals surface area (Å²) < 4.78 is 5.35. The standard InChI is InChI=1S/C24H38O4.C14H10/c1-3-5-7-9-11-13-16-20-17-15-18-21(22(20)23(25)26)24(27)28-19-14-12-10-8-6-4-2;1-2-6-12-10-14-8-4-3-7-13(14)9-11(12)5-1/h15,17-18H,3-14,16,19H2,1-2H3,(H,25,26);1-10H. The molecule has 0 aliphatic rings. The molecule has 4 nitrogen and oxygen atoms in total. The van der Waals surface area contributed by atoms with Gasteiger partial charge in [-0.2, -0.15) is 0 Å². The van der Waals surface area contributed by atoms with E-state index in [0.717, 1.165) is 37.7 Å². The fraction of sp³-hybridized carbons (Fsp3) is 0.421. The molecule has 0 spiro atoms. The van der Waals surface area contributed by atoms with Crippen LogP contribution in [0.5, 0.6) is 0 Å². The van der Waals surface area contributed by atoms with E-state index in [-0.39, 0.29) is 11.1 Å². The molecule has 0 amide bonds. The molecule has 0 heterocycles. The van der Waals surface area contributed by atoms with Crippen molar-refractivity contribution in [3.05, 3.63) is 95.6 Å². The predicted octanol–water partition coefficient (Wildman–Crippen LogP) is 10.8. The molecular formula is C38H48O4. The first kappa shape index (κ1) is 32.8. The molecule has 4 rings (SSSR count). The zero-order chi connectivity index (χ0) is 30.0. The average Bonchev–Trinajstić information content (AvgIpc) is 3.01. The number of hydrogen-bond acceptors (Lipinski definition) is 3. The minimum absolute atomic E-state index is 0.115. The van der Waals surface area contributed by atoms with Gasteiger partial charge in [-0.25, -0.2) is 9.59 Å². The SMILES string of the molecule is CCCCCCCCOC(=O)c1cccc(CCCCCCCC)c1C(=O)O.c1ccc2cc3ccccc3cc2c1. The van der Waals surface area contributed by atoms with E-state index in [1.807, 2.05) is 6.07 Å². The number of carboxylic acid groups (broad SMARTS) is 1. The van der Waals surface area contributed by atoms with Crippen molar-refractivity contribution in [1.82, 2.24) is 0 Å². The van der Waals surface area contributed by atoms with Crippen molar-refractivity contribution in [2.45, 2.75) is 97.3 Å². The van der Waals surface area contributed by atoms with Crippen molar-refractivity contribution in [1.29, 1.82) is 0 Å². The van der Waals surface area contributed by atoms with Crippen LogP contribution in [0.25, 0.3) is 21.5 Å². The Morgan fingerprint density at radius 2 is 1.07 bits per heavy atom. The fourth-order valence-corrected chi connectivity index (χ4v) is 5.33. The summed E-state index contributed by atoms with van der Waals surface area (Å²) in [6.07, 6.45) is 14.3. The van der Waals surface area contributed by atoms with Crippen LogP contribution in [0.3, 0.4) is 0 Å². The summed E-state index contributed by atoms with van der Waals surface area (Å²) >= 11 is 0. The molecule has 0 aliphatic carbocycles. The van der Waals surface area contributed by atoms with Crippen LogP contribution in [0.4, 0.5) is 0 Å². The number of ether oxygens (including phenoxy) is 1. The number of fused-ring (bicyclic) bond motifs is 2. The molecule has 1 N–H and O–H groups in total. The third kappa shape index (κ3) is 10.6. The van der Waals surface area contributed by atoms with Crippen LogP contribution in [-0.4, -0.2) is 23.7 Å². The van der Waals surface area contributed by atoms with Crippen LogP contribution in [0, 0.1) is 0 Å². The molecule has 0 unspecified atom stereocenters. The third-order valence-electron chi connectivity index (χ3n) is 7.73. The number of aryl methyl sites for hydroxylation is 1. The first-order chi connectivity index (χ1) is 20.5. The van der Waals surface area contributed by atoms with Gasteiger partial charge in [0.1, 0.15) is 0 Å². The highest BCUT2D eigenvalue weighted by molar-refractivity contribution is 6.03. The van der Waals surface area contributed by atoms with Gasteiger partial charge in [-0.3, -0.25) is 0 Å². The lowest BCUT2D eigenvalue weighted by Gasteiger charge is -2.12. The van der Waals surface area contributed by atoms with Crippen LogP contribution in [0.2, 0.25) is 0 Å². The minimum atomic E-state index is -1.05. The van der Waals surface area contributed by atoms with Gasteiger partial charge in [0.25, 0.3) is 0 Å². The van der Waals surface area contributed by atoms with Gasteiger partial charge in [-0.05, 0) is 64.6 Å². The van der Waals surface area contributed by atoms with Gasteiger partial charge >= 0.3 is 11.9 Å². The molecule has 0 fully saturated rings. The van der Waals surface area contributed by atoms with Crippen molar-refractivity contribution < 1.29 is 19.4 Å². The molecule has 0 aliphatic heterocycles. The maximum absolute atomic E-state index is 12.4. The van der Waals surface area contributed by atoms with Crippen molar-refractivity contribution in [2.24, 2.45) is 0 Å². The highest BCUT2D eigenvalue weighted by Crippen LogP contribution is 2.22. The van der Waals surface area contributed by atoms with E-state index < -0.39 is 11.9 Å². The number of hydrogen-bond donors (Lipinski definition) is 1. The van der Waals surface area contributed by atoms with Crippen LogP contribution >= 0.6 is 0 Å². The number of benzene rings is 4. The highest BCUT2D eigenvalue weighted by atomic mass is 16.5. The maximum Gasteiger partial charge on any atom is 0.339 e. The molecule has 4 aromatic carbocycles. The molecule has 224 valence electrons. The first-order valence-electron chi connectivity index (χ1n) is 15.9. The Morgan fingerprint density at radius 1 is 0.595 bits per heavy atom. The molecule has 0 atom stereocenters. The molecule has 0 aromatic heterocycles. The topological polar surface area (TPSA) is 63.6 Å². The third-order valence-corrected chi connectivity index (χ3v) is 7.73. The maximum atomic E-state index is 12.4. The lowest BCUT2D eigenvalue weighted by Crippen LogP contribution is -2.15. The summed E-state index contributed by atoms with van der Waals surface area (Å²) in [5.41, 5.74) is 1.03. The number of carbonyl (C=O) groups is 2. The van der Waals surface area contributed by atoms with E-state index in [1.165, 1.54) is 66.5 Å². The number of unbranched alkanes of at least 4 members (excludes halogenated alkanes) is 10. The van der Waals surface area contributed by atoms with Crippen LogP contribution in [-0.2, 0) is 11.2 Å². The summed E-state index contributed by atoms with van der Waals surface area (Å²) in [4.78, 5) is 24.2. The highest BCUT2D eigenvalue weighted by Gasteiger charge is 2.21. The monoisotopic (exact) mass is 568 g/mol. The van der Waals surface area contributed by atoms with Gasteiger partial charge in [0.05, 0.1) is 17.7 Å². The Kier molecular flexibility index (Phi) is 14.6. The summed E-state index contributed by atoms with van der Waals surface area (Å²) in [7, 11) is 0. The van der Waals surface area contributed by atoms with Gasteiger partial charge in [-0.1, -0.05) is 139 Å². The van der Waals surface area contributed by atoms with E-state index in [2.05, 4.69) is 74.5 Å². The molecule has 0 bridgehead atoms. The average molecular weight is 569 g/mol. The molecule has 0 radical (unpaired) electrons. The van der Waals surface area contributed by atoms with Gasteiger partial charge in [0.15, 0.2) is 0 Å². The number of rotatable bonds is 16. The second kappa shape index (κ2) is 18.7. The van der Waals surface area contributed by atoms with Crippen LogP contribution in [0.1, 0.15) is 117 Å². The summed E-state index contributed by atoms with van der Waals surface area (Å²) in [6.45, 7) is 4.73. The molecule has 42 heavy (non-hydrogen) atoms. The van der Waals surface area contributed by atoms with Crippen LogP contribution < -0.4 is 0 Å². The van der Waals surface area contributed by atoms with E-state index in [9.17, 15) is 14.7 Å². The second-order valence-electron chi connectivity index (χ2n) is 11.1. The number of aromatic carboxylic acids is 1. The fourth-order valence-electron chi connectivity index (χ4n) is 5.33. The van der Waals surface area contributed by atoms with E-state index in [4.69, 9.17) is 4.74 Å². The Hall–Kier alpha value is -3.66. The normalized spacial score (nSPS) is 10.8. The Labute approximate surface area is 252 Å². The first-order valence-corrected chi connectivity index (χ1v) is 15.9. The summed E-state index contributed by atoms with van der Waals surface area (Å²) in [5, 5.41) is 14.9. The lowest BCUT2D eigenvalue weighted by molar-refractivity contribution is 0.0487. The van der Waals surface area contributed by atoms with Crippen molar-refractivity contribution in [3.63, 3.8) is 0 Å². The summed E-state index contributed by atoms with van der Waals surface area (Å²) in [6, 6.07) is 26.6. The zero-order valence-electron chi connectivity index (χ0n) is 25.6. The molecule has 0 saturated heterocycles. The molecule has 4 aromatic rings. The quantitative estimate of drug-likeness (QED) is 0.0829. The number of carbonyl (C=O) groups excluding carboxylic acids is 1. The smallest absolute Gasteiger partial charge is 0.339 e. The molecule has 0 saturated carbocycles. The number of esters is 1. The van der Waals surface area contributed by atoms with Gasteiger partial charge < -0.3 is 9.84 Å². The lowest BCUT2D eigenvalue weighted by atomic mass is 9.96. The van der Waals surface area contributed by atoms with Crippen LogP contribution in [0.15, 0.2) is 78.9 Å². The minimum Gasteiger partial charge on any atom is -0.478 e. The van der Waals surface area contributed by atoms with Crippen molar-refractivity contribution >= 4 is 33.5 Å². The van der Waals surface area contributed by atoms with Crippen molar-refractivity contribution in [3.8, 4) is 0 Å². The van der Waals surface area contributed by atoms with E-state index in [0.29, 0.717) is 13.0 Å². The second-order valence-corrected chi connectivity index (χ2v) is 11.1. The number of carboxylic acids is 1. The van der Waals surface area contributed by atoms with Gasteiger partial charge in [0, 0.05) is 0 Å². The Bertz CT molecular complexity index is 1290. The Morgan fingerprint density at radius 3 is 1.57 bits per heavy atom. The van der Waals surface area contributed by atoms with Gasteiger partial charge in [-0.15, -0.1) is 0 Å². The van der Waals surface area contributed by atoms with E-state index >= 15 is 0 Å². The predicted molar refractivity (Wildman–Crippen MR) is 176 cm³/mol. The molecule has 4 heteroatoms. The molecular weight excluding hydrogens is 520 g/mol. The van der Waals surface area contributed by atoms with Gasteiger partial charge in [0.2, 0.25) is 0 Å². The zero-order valence-corrected chi connectivity index (χ0v) is 25.6. The largest absolute Gasteiger partial charge is 0.478 e. The Balaban J connectivity index is 0.000000283. The van der Waals surface area contributed by atoms with Crippen molar-refractivity contribution in [2.75, 3.05) is 6.61 Å².